The quantitative estimate of drug-likeness (QED) is 0.656. The van der Waals surface area contributed by atoms with Crippen LogP contribution >= 0.6 is 0 Å². The molecule has 1 fully saturated rings. The zero-order chi connectivity index (χ0) is 19.9. The van der Waals surface area contributed by atoms with Crippen LogP contribution in [0.1, 0.15) is 5.56 Å². The van der Waals surface area contributed by atoms with Crippen molar-refractivity contribution in [3.05, 3.63) is 84.4 Å². The highest BCUT2D eigenvalue weighted by atomic mass is 16.5. The lowest BCUT2D eigenvalue weighted by Crippen LogP contribution is -2.36. The van der Waals surface area contributed by atoms with E-state index in [1.807, 2.05) is 66.7 Å². The monoisotopic (exact) mass is 387 g/mol. The van der Waals surface area contributed by atoms with Gasteiger partial charge in [0.05, 0.1) is 19.6 Å². The summed E-state index contributed by atoms with van der Waals surface area (Å²) in [5, 5.41) is 6.35. The Labute approximate surface area is 171 Å². The second-order valence-corrected chi connectivity index (χ2v) is 7.07. The lowest BCUT2D eigenvalue weighted by Gasteiger charge is -2.29. The minimum Gasteiger partial charge on any atom is -0.378 e. The summed E-state index contributed by atoms with van der Waals surface area (Å²) in [6, 6.07) is 25.9. The Morgan fingerprint density at radius 3 is 2.38 bits per heavy atom. The Morgan fingerprint density at radius 2 is 1.55 bits per heavy atom. The third-order valence-corrected chi connectivity index (χ3v) is 4.86. The van der Waals surface area contributed by atoms with Crippen LogP contribution in [-0.2, 0) is 16.0 Å². The number of hydrogen-bond acceptors (Lipinski definition) is 4. The van der Waals surface area contributed by atoms with E-state index in [4.69, 9.17) is 4.74 Å². The molecule has 0 bridgehead atoms. The highest BCUT2D eigenvalue weighted by Crippen LogP contribution is 2.21. The lowest BCUT2D eigenvalue weighted by molar-refractivity contribution is -0.115. The predicted molar refractivity (Wildman–Crippen MR) is 118 cm³/mol. The van der Waals surface area contributed by atoms with Crippen molar-refractivity contribution in [1.29, 1.82) is 0 Å². The van der Waals surface area contributed by atoms with Gasteiger partial charge in [0.1, 0.15) is 0 Å². The number of nitrogens with zero attached hydrogens (tertiary/aromatic N) is 1. The highest BCUT2D eigenvalue weighted by molar-refractivity contribution is 5.93. The van der Waals surface area contributed by atoms with Crippen molar-refractivity contribution in [3.8, 4) is 0 Å². The number of amides is 1. The maximum absolute atomic E-state index is 12.6. The third kappa shape index (κ3) is 5.36. The number of carbonyl (C=O) groups is 1. The molecule has 0 aromatic heterocycles. The van der Waals surface area contributed by atoms with Gasteiger partial charge < -0.3 is 20.3 Å². The summed E-state index contributed by atoms with van der Waals surface area (Å²) in [6.07, 6.45) is 0.342. The van der Waals surface area contributed by atoms with E-state index < -0.39 is 0 Å². The standard InChI is InChI=1S/C24H25N3O2/c28-24(17-19-6-4-11-23(16-19)27-12-14-29-15-13-27)26-22-10-5-9-21(18-22)25-20-7-2-1-3-8-20/h1-11,16,18,25H,12-15,17H2,(H,26,28). The fraction of sp³-hybridized carbons (Fsp3) is 0.208. The summed E-state index contributed by atoms with van der Waals surface area (Å²) in [7, 11) is 0. The largest absolute Gasteiger partial charge is 0.378 e. The van der Waals surface area contributed by atoms with Crippen LogP contribution in [0.25, 0.3) is 0 Å². The minimum atomic E-state index is -0.0269. The zero-order valence-electron chi connectivity index (χ0n) is 16.3. The maximum atomic E-state index is 12.6. The first-order valence-corrected chi connectivity index (χ1v) is 9.90. The van der Waals surface area contributed by atoms with Crippen LogP contribution in [0.2, 0.25) is 0 Å². The SMILES string of the molecule is O=C(Cc1cccc(N2CCOCC2)c1)Nc1cccc(Nc2ccccc2)c1. The molecule has 0 aliphatic carbocycles. The summed E-state index contributed by atoms with van der Waals surface area (Å²) >= 11 is 0. The lowest BCUT2D eigenvalue weighted by atomic mass is 10.1. The zero-order valence-corrected chi connectivity index (χ0v) is 16.3. The fourth-order valence-corrected chi connectivity index (χ4v) is 3.44. The van der Waals surface area contributed by atoms with Gasteiger partial charge in [-0.2, -0.15) is 0 Å². The molecule has 1 aliphatic heterocycles. The second-order valence-electron chi connectivity index (χ2n) is 7.07. The topological polar surface area (TPSA) is 53.6 Å². The number of para-hydroxylation sites is 1. The van der Waals surface area contributed by atoms with Crippen LogP contribution in [0.5, 0.6) is 0 Å². The number of rotatable bonds is 6. The Bertz CT molecular complexity index is 953. The van der Waals surface area contributed by atoms with E-state index in [1.165, 1.54) is 0 Å². The van der Waals surface area contributed by atoms with Crippen LogP contribution in [0.3, 0.4) is 0 Å². The number of nitrogens with one attached hydrogen (secondary N) is 2. The van der Waals surface area contributed by atoms with Gasteiger partial charge in [0, 0.05) is 35.8 Å². The number of anilines is 4. The van der Waals surface area contributed by atoms with Gasteiger partial charge >= 0.3 is 0 Å². The molecule has 1 saturated heterocycles. The molecule has 0 radical (unpaired) electrons. The minimum absolute atomic E-state index is 0.0269. The summed E-state index contributed by atoms with van der Waals surface area (Å²) in [6.45, 7) is 3.27. The van der Waals surface area contributed by atoms with Crippen molar-refractivity contribution in [1.82, 2.24) is 0 Å². The van der Waals surface area contributed by atoms with Crippen LogP contribution in [0.15, 0.2) is 78.9 Å². The van der Waals surface area contributed by atoms with E-state index in [-0.39, 0.29) is 5.91 Å². The van der Waals surface area contributed by atoms with Crippen molar-refractivity contribution >= 4 is 28.7 Å². The van der Waals surface area contributed by atoms with Crippen LogP contribution in [0, 0.1) is 0 Å². The number of ether oxygens (including phenoxy) is 1. The summed E-state index contributed by atoms with van der Waals surface area (Å²) in [5.41, 5.74) is 4.87. The number of benzene rings is 3. The molecule has 5 nitrogen and oxygen atoms in total. The van der Waals surface area contributed by atoms with Crippen molar-refractivity contribution in [2.45, 2.75) is 6.42 Å². The van der Waals surface area contributed by atoms with Crippen molar-refractivity contribution in [2.24, 2.45) is 0 Å². The molecule has 1 heterocycles. The normalized spacial score (nSPS) is 13.7. The first kappa shape index (κ1) is 19.0. The molecular weight excluding hydrogens is 362 g/mol. The Kier molecular flexibility index (Phi) is 6.07. The first-order chi connectivity index (χ1) is 14.3. The van der Waals surface area contributed by atoms with Crippen molar-refractivity contribution in [2.75, 3.05) is 41.8 Å². The molecule has 0 saturated carbocycles. The van der Waals surface area contributed by atoms with Gasteiger partial charge in [0.2, 0.25) is 5.91 Å². The Hall–Kier alpha value is -3.31. The van der Waals surface area contributed by atoms with Crippen LogP contribution in [-0.4, -0.2) is 32.2 Å². The molecule has 1 amide bonds. The van der Waals surface area contributed by atoms with E-state index in [9.17, 15) is 4.79 Å². The summed E-state index contributed by atoms with van der Waals surface area (Å²) in [5.74, 6) is -0.0269. The van der Waals surface area contributed by atoms with E-state index in [2.05, 4.69) is 27.7 Å². The van der Waals surface area contributed by atoms with Gasteiger partial charge in [-0.1, -0.05) is 36.4 Å². The average molecular weight is 387 g/mol. The van der Waals surface area contributed by atoms with Gasteiger partial charge in [-0.05, 0) is 48.0 Å². The molecular formula is C24H25N3O2. The molecule has 5 heteroatoms. The summed E-state index contributed by atoms with van der Waals surface area (Å²) < 4.78 is 5.42. The van der Waals surface area contributed by atoms with E-state index in [1.54, 1.807) is 0 Å². The molecule has 3 aromatic rings. The van der Waals surface area contributed by atoms with E-state index >= 15 is 0 Å². The smallest absolute Gasteiger partial charge is 0.228 e. The van der Waals surface area contributed by atoms with Gasteiger partial charge in [-0.3, -0.25) is 4.79 Å². The second kappa shape index (κ2) is 9.26. The molecule has 4 rings (SSSR count). The molecule has 0 unspecified atom stereocenters. The number of morpholine rings is 1. The highest BCUT2D eigenvalue weighted by Gasteiger charge is 2.12. The Morgan fingerprint density at radius 1 is 0.828 bits per heavy atom. The molecule has 3 aromatic carbocycles. The van der Waals surface area contributed by atoms with E-state index in [0.29, 0.717) is 6.42 Å². The van der Waals surface area contributed by atoms with Crippen molar-refractivity contribution < 1.29 is 9.53 Å². The van der Waals surface area contributed by atoms with Crippen LogP contribution < -0.4 is 15.5 Å². The maximum Gasteiger partial charge on any atom is 0.228 e. The molecule has 148 valence electrons. The molecule has 0 atom stereocenters. The Balaban J connectivity index is 1.38. The fourth-order valence-electron chi connectivity index (χ4n) is 3.44. The third-order valence-electron chi connectivity index (χ3n) is 4.86. The van der Waals surface area contributed by atoms with Crippen LogP contribution in [0.4, 0.5) is 22.7 Å². The number of carbonyl (C=O) groups excluding carboxylic acids is 1. The molecule has 0 spiro atoms. The van der Waals surface area contributed by atoms with E-state index in [0.717, 1.165) is 54.6 Å². The first-order valence-electron chi connectivity index (χ1n) is 9.90. The summed E-state index contributed by atoms with van der Waals surface area (Å²) in [4.78, 5) is 14.9. The number of hydrogen-bond donors (Lipinski definition) is 2. The van der Waals surface area contributed by atoms with Crippen molar-refractivity contribution in [3.63, 3.8) is 0 Å². The molecule has 2 N–H and O–H groups in total. The van der Waals surface area contributed by atoms with Gasteiger partial charge in [0.15, 0.2) is 0 Å². The van der Waals surface area contributed by atoms with Gasteiger partial charge in [-0.25, -0.2) is 0 Å². The molecule has 29 heavy (non-hydrogen) atoms. The molecule has 1 aliphatic rings. The average Bonchev–Trinajstić information content (AvgIpc) is 2.75. The van der Waals surface area contributed by atoms with Gasteiger partial charge in [-0.15, -0.1) is 0 Å². The predicted octanol–water partition coefficient (Wildman–Crippen LogP) is 4.45. The van der Waals surface area contributed by atoms with Gasteiger partial charge in [0.25, 0.3) is 0 Å².